The SMILES string of the molecule is CCNc1ncnc(N2CCN3CCCC3C2)c1OC. The van der Waals surface area contributed by atoms with Crippen molar-refractivity contribution in [2.75, 3.05) is 50.1 Å². The van der Waals surface area contributed by atoms with E-state index in [1.807, 2.05) is 0 Å². The van der Waals surface area contributed by atoms with Crippen LogP contribution in [0.25, 0.3) is 0 Å². The van der Waals surface area contributed by atoms with Gasteiger partial charge < -0.3 is 15.0 Å². The molecule has 3 rings (SSSR count). The van der Waals surface area contributed by atoms with E-state index >= 15 is 0 Å². The lowest BCUT2D eigenvalue weighted by Crippen LogP contribution is -2.50. The lowest BCUT2D eigenvalue weighted by atomic mass is 10.1. The Kier molecular flexibility index (Phi) is 3.91. The fourth-order valence-corrected chi connectivity index (χ4v) is 3.25. The first-order valence-corrected chi connectivity index (χ1v) is 7.45. The molecule has 1 aromatic heterocycles. The van der Waals surface area contributed by atoms with Gasteiger partial charge in [0.05, 0.1) is 7.11 Å². The Bertz CT molecular complexity index is 467. The summed E-state index contributed by atoms with van der Waals surface area (Å²) in [6, 6.07) is 0.672. The van der Waals surface area contributed by atoms with Gasteiger partial charge in [0.15, 0.2) is 11.6 Å². The van der Waals surface area contributed by atoms with E-state index in [1.54, 1.807) is 13.4 Å². The Hall–Kier alpha value is -1.56. The van der Waals surface area contributed by atoms with E-state index in [1.165, 1.54) is 19.4 Å². The number of aromatic nitrogens is 2. The highest BCUT2D eigenvalue weighted by Crippen LogP contribution is 2.34. The van der Waals surface area contributed by atoms with Gasteiger partial charge in [0.2, 0.25) is 5.75 Å². The molecule has 0 aromatic carbocycles. The van der Waals surface area contributed by atoms with E-state index in [9.17, 15) is 0 Å². The number of ether oxygens (including phenoxy) is 1. The van der Waals surface area contributed by atoms with Gasteiger partial charge in [-0.2, -0.15) is 0 Å². The third kappa shape index (κ3) is 2.40. The number of methoxy groups -OCH3 is 1. The lowest BCUT2D eigenvalue weighted by molar-refractivity contribution is 0.229. The highest BCUT2D eigenvalue weighted by atomic mass is 16.5. The minimum absolute atomic E-state index is 0.672. The average Bonchev–Trinajstić information content (AvgIpc) is 2.94. The minimum atomic E-state index is 0.672. The standard InChI is InChI=1S/C14H23N5O/c1-3-15-13-12(20-2)14(17-10-16-13)19-8-7-18-6-4-5-11(18)9-19/h10-11H,3-9H2,1-2H3,(H,15,16,17). The van der Waals surface area contributed by atoms with Crippen molar-refractivity contribution in [2.24, 2.45) is 0 Å². The molecule has 110 valence electrons. The van der Waals surface area contributed by atoms with Crippen molar-refractivity contribution in [1.82, 2.24) is 14.9 Å². The molecule has 6 heteroatoms. The molecule has 1 N–H and O–H groups in total. The molecule has 2 fully saturated rings. The molecule has 2 saturated heterocycles. The Morgan fingerprint density at radius 3 is 3.05 bits per heavy atom. The van der Waals surface area contributed by atoms with Crippen LogP contribution in [0.1, 0.15) is 19.8 Å². The predicted molar refractivity (Wildman–Crippen MR) is 79.6 cm³/mol. The molecular weight excluding hydrogens is 254 g/mol. The normalized spacial score (nSPS) is 22.7. The zero-order valence-electron chi connectivity index (χ0n) is 12.3. The first kappa shape index (κ1) is 13.4. The topological polar surface area (TPSA) is 53.5 Å². The summed E-state index contributed by atoms with van der Waals surface area (Å²) in [5, 5.41) is 3.24. The van der Waals surface area contributed by atoms with Crippen LogP contribution in [0.15, 0.2) is 6.33 Å². The van der Waals surface area contributed by atoms with Crippen molar-refractivity contribution in [3.8, 4) is 5.75 Å². The van der Waals surface area contributed by atoms with Crippen molar-refractivity contribution in [3.63, 3.8) is 0 Å². The van der Waals surface area contributed by atoms with Crippen LogP contribution in [-0.2, 0) is 0 Å². The van der Waals surface area contributed by atoms with Crippen LogP contribution in [0.2, 0.25) is 0 Å². The van der Waals surface area contributed by atoms with E-state index in [0.29, 0.717) is 6.04 Å². The molecule has 2 aliphatic heterocycles. The zero-order chi connectivity index (χ0) is 13.9. The lowest BCUT2D eigenvalue weighted by Gasteiger charge is -2.38. The molecule has 6 nitrogen and oxygen atoms in total. The first-order chi connectivity index (χ1) is 9.83. The second-order valence-corrected chi connectivity index (χ2v) is 5.39. The minimum Gasteiger partial charge on any atom is -0.490 e. The fraction of sp³-hybridized carbons (Fsp3) is 0.714. The maximum Gasteiger partial charge on any atom is 0.204 e. The van der Waals surface area contributed by atoms with Gasteiger partial charge in [-0.3, -0.25) is 4.90 Å². The number of nitrogens with one attached hydrogen (secondary N) is 1. The van der Waals surface area contributed by atoms with Gasteiger partial charge in [0.25, 0.3) is 0 Å². The summed E-state index contributed by atoms with van der Waals surface area (Å²) >= 11 is 0. The second kappa shape index (κ2) is 5.83. The third-order valence-corrected chi connectivity index (χ3v) is 4.22. The Morgan fingerprint density at radius 1 is 1.35 bits per heavy atom. The largest absolute Gasteiger partial charge is 0.490 e. The van der Waals surface area contributed by atoms with Crippen molar-refractivity contribution < 1.29 is 4.74 Å². The summed E-state index contributed by atoms with van der Waals surface area (Å²) in [5.74, 6) is 2.47. The van der Waals surface area contributed by atoms with E-state index in [4.69, 9.17) is 4.74 Å². The maximum atomic E-state index is 5.55. The molecule has 3 heterocycles. The van der Waals surface area contributed by atoms with Crippen LogP contribution < -0.4 is 15.0 Å². The van der Waals surface area contributed by atoms with Gasteiger partial charge in [-0.05, 0) is 26.3 Å². The number of piperazine rings is 1. The van der Waals surface area contributed by atoms with E-state index in [0.717, 1.165) is 43.6 Å². The molecule has 0 bridgehead atoms. The zero-order valence-corrected chi connectivity index (χ0v) is 12.3. The first-order valence-electron chi connectivity index (χ1n) is 7.45. The number of nitrogens with zero attached hydrogens (tertiary/aromatic N) is 4. The van der Waals surface area contributed by atoms with Crippen LogP contribution in [0, 0.1) is 0 Å². The van der Waals surface area contributed by atoms with Gasteiger partial charge in [-0.1, -0.05) is 0 Å². The number of rotatable bonds is 4. The molecule has 1 aromatic rings. The molecule has 0 amide bonds. The summed E-state index contributed by atoms with van der Waals surface area (Å²) in [7, 11) is 1.69. The van der Waals surface area contributed by atoms with Crippen molar-refractivity contribution in [1.29, 1.82) is 0 Å². The summed E-state index contributed by atoms with van der Waals surface area (Å²) in [6.45, 7) is 7.30. The van der Waals surface area contributed by atoms with Crippen LogP contribution >= 0.6 is 0 Å². The van der Waals surface area contributed by atoms with Gasteiger partial charge in [0.1, 0.15) is 6.33 Å². The van der Waals surface area contributed by atoms with E-state index in [-0.39, 0.29) is 0 Å². The van der Waals surface area contributed by atoms with E-state index in [2.05, 4.69) is 32.0 Å². The molecule has 1 unspecified atom stereocenters. The monoisotopic (exact) mass is 277 g/mol. The highest BCUT2D eigenvalue weighted by Gasteiger charge is 2.32. The van der Waals surface area contributed by atoms with Crippen LogP contribution in [-0.4, -0.2) is 60.7 Å². The molecule has 1 atom stereocenters. The Balaban J connectivity index is 1.84. The molecule has 0 spiro atoms. The van der Waals surface area contributed by atoms with E-state index < -0.39 is 0 Å². The fourth-order valence-electron chi connectivity index (χ4n) is 3.25. The number of hydrogen-bond acceptors (Lipinski definition) is 6. The molecule has 20 heavy (non-hydrogen) atoms. The predicted octanol–water partition coefficient (Wildman–Crippen LogP) is 1.20. The molecule has 0 aliphatic carbocycles. The summed E-state index contributed by atoms with van der Waals surface area (Å²) in [5.41, 5.74) is 0. The molecule has 2 aliphatic rings. The second-order valence-electron chi connectivity index (χ2n) is 5.39. The van der Waals surface area contributed by atoms with Crippen LogP contribution in [0.5, 0.6) is 5.75 Å². The number of hydrogen-bond donors (Lipinski definition) is 1. The van der Waals surface area contributed by atoms with Gasteiger partial charge in [0, 0.05) is 32.2 Å². The molecule has 0 radical (unpaired) electrons. The van der Waals surface area contributed by atoms with Gasteiger partial charge >= 0.3 is 0 Å². The van der Waals surface area contributed by atoms with Crippen molar-refractivity contribution >= 4 is 11.6 Å². The summed E-state index contributed by atoms with van der Waals surface area (Å²) in [4.78, 5) is 13.7. The average molecular weight is 277 g/mol. The Labute approximate surface area is 120 Å². The molecular formula is C14H23N5O. The van der Waals surface area contributed by atoms with Crippen LogP contribution in [0.3, 0.4) is 0 Å². The third-order valence-electron chi connectivity index (χ3n) is 4.22. The van der Waals surface area contributed by atoms with Crippen molar-refractivity contribution in [2.45, 2.75) is 25.8 Å². The summed E-state index contributed by atoms with van der Waals surface area (Å²) in [6.07, 6.45) is 4.24. The van der Waals surface area contributed by atoms with Gasteiger partial charge in [-0.25, -0.2) is 9.97 Å². The molecule has 0 saturated carbocycles. The van der Waals surface area contributed by atoms with Gasteiger partial charge in [-0.15, -0.1) is 0 Å². The quantitative estimate of drug-likeness (QED) is 0.892. The smallest absolute Gasteiger partial charge is 0.204 e. The van der Waals surface area contributed by atoms with Crippen LogP contribution in [0.4, 0.5) is 11.6 Å². The maximum absolute atomic E-state index is 5.55. The van der Waals surface area contributed by atoms with Crippen molar-refractivity contribution in [3.05, 3.63) is 6.33 Å². The highest BCUT2D eigenvalue weighted by molar-refractivity contribution is 5.65. The Morgan fingerprint density at radius 2 is 2.25 bits per heavy atom. The number of fused-ring (bicyclic) bond motifs is 1. The summed E-state index contributed by atoms with van der Waals surface area (Å²) < 4.78 is 5.55. The number of anilines is 2.